The van der Waals surface area contributed by atoms with Gasteiger partial charge >= 0.3 is 7.60 Å². The predicted octanol–water partition coefficient (Wildman–Crippen LogP) is 2.74. The SMILES string of the molecule is CC(C)OP(C)(=O)OCCN1CCCCC1. The first-order valence-electron chi connectivity index (χ1n) is 6.12. The van der Waals surface area contributed by atoms with Crippen LogP contribution in [0.25, 0.3) is 0 Å². The van der Waals surface area contributed by atoms with E-state index in [1.807, 2.05) is 13.8 Å². The van der Waals surface area contributed by atoms with E-state index in [-0.39, 0.29) is 6.10 Å². The summed E-state index contributed by atoms with van der Waals surface area (Å²) < 4.78 is 22.4. The standard InChI is InChI=1S/C11H24NO3P/c1-11(2)15-16(3,13)14-10-9-12-7-5-4-6-8-12/h11H,4-10H2,1-3H3. The molecule has 0 amide bonds. The van der Waals surface area contributed by atoms with Gasteiger partial charge in [0.25, 0.3) is 0 Å². The maximum absolute atomic E-state index is 11.8. The molecule has 1 rings (SSSR count). The molecule has 4 nitrogen and oxygen atoms in total. The summed E-state index contributed by atoms with van der Waals surface area (Å²) in [7, 11) is -2.84. The van der Waals surface area contributed by atoms with Crippen LogP contribution in [0.4, 0.5) is 0 Å². The molecule has 0 aromatic rings. The van der Waals surface area contributed by atoms with Crippen molar-refractivity contribution in [1.82, 2.24) is 4.90 Å². The van der Waals surface area contributed by atoms with Crippen LogP contribution in [0, 0.1) is 0 Å². The Morgan fingerprint density at radius 2 is 1.88 bits per heavy atom. The normalized spacial score (nSPS) is 22.2. The van der Waals surface area contributed by atoms with Crippen LogP contribution in [0.2, 0.25) is 0 Å². The van der Waals surface area contributed by atoms with Gasteiger partial charge in [-0.3, -0.25) is 4.57 Å². The van der Waals surface area contributed by atoms with E-state index in [9.17, 15) is 4.57 Å². The Morgan fingerprint density at radius 1 is 1.25 bits per heavy atom. The van der Waals surface area contributed by atoms with Gasteiger partial charge in [-0.1, -0.05) is 6.42 Å². The quantitative estimate of drug-likeness (QED) is 0.678. The first kappa shape index (κ1) is 14.2. The van der Waals surface area contributed by atoms with Gasteiger partial charge in [-0.25, -0.2) is 0 Å². The average molecular weight is 249 g/mol. The van der Waals surface area contributed by atoms with Crippen LogP contribution >= 0.6 is 7.60 Å². The second-order valence-electron chi connectivity index (χ2n) is 4.66. The molecule has 1 aliphatic heterocycles. The largest absolute Gasteiger partial charge is 0.327 e. The highest BCUT2D eigenvalue weighted by Crippen LogP contribution is 2.44. The smallest absolute Gasteiger partial charge is 0.307 e. The van der Waals surface area contributed by atoms with Gasteiger partial charge in [-0.15, -0.1) is 0 Å². The molecule has 0 aromatic carbocycles. The van der Waals surface area contributed by atoms with Crippen LogP contribution in [0.3, 0.4) is 0 Å². The van der Waals surface area contributed by atoms with E-state index < -0.39 is 7.60 Å². The van der Waals surface area contributed by atoms with E-state index in [0.717, 1.165) is 19.6 Å². The average Bonchev–Trinajstić information content (AvgIpc) is 2.16. The highest BCUT2D eigenvalue weighted by molar-refractivity contribution is 7.53. The minimum Gasteiger partial charge on any atom is -0.307 e. The molecule has 96 valence electrons. The lowest BCUT2D eigenvalue weighted by molar-refractivity contribution is 0.143. The molecule has 0 N–H and O–H groups in total. The van der Waals surface area contributed by atoms with Crippen molar-refractivity contribution < 1.29 is 13.6 Å². The molecule has 0 aliphatic carbocycles. The van der Waals surface area contributed by atoms with Crippen LogP contribution in [0.5, 0.6) is 0 Å². The zero-order valence-corrected chi connectivity index (χ0v) is 11.5. The number of nitrogens with zero attached hydrogens (tertiary/aromatic N) is 1. The molecule has 0 spiro atoms. The highest BCUT2D eigenvalue weighted by atomic mass is 31.2. The molecule has 0 bridgehead atoms. The predicted molar refractivity (Wildman–Crippen MR) is 66.0 cm³/mol. The maximum atomic E-state index is 11.8. The van der Waals surface area contributed by atoms with E-state index in [4.69, 9.17) is 9.05 Å². The molecule has 0 saturated carbocycles. The summed E-state index contributed by atoms with van der Waals surface area (Å²) >= 11 is 0. The van der Waals surface area contributed by atoms with Gasteiger partial charge in [0.2, 0.25) is 0 Å². The third-order valence-corrected chi connectivity index (χ3v) is 4.04. The first-order valence-corrected chi connectivity index (χ1v) is 8.11. The van der Waals surface area contributed by atoms with Crippen LogP contribution in [-0.4, -0.2) is 43.9 Å². The number of hydrogen-bond donors (Lipinski definition) is 0. The van der Waals surface area contributed by atoms with Crippen molar-refractivity contribution >= 4 is 7.60 Å². The Hall–Kier alpha value is 0.110. The van der Waals surface area contributed by atoms with Gasteiger partial charge in [-0.05, 0) is 39.8 Å². The molecule has 1 heterocycles. The van der Waals surface area contributed by atoms with E-state index in [2.05, 4.69) is 4.90 Å². The molecular weight excluding hydrogens is 225 g/mol. The Labute approximate surface area is 98.8 Å². The minimum atomic E-state index is -2.84. The summed E-state index contributed by atoms with van der Waals surface area (Å²) in [5, 5.41) is 0. The van der Waals surface area contributed by atoms with E-state index in [1.165, 1.54) is 19.3 Å². The van der Waals surface area contributed by atoms with Crippen LogP contribution in [-0.2, 0) is 13.6 Å². The van der Waals surface area contributed by atoms with E-state index >= 15 is 0 Å². The lowest BCUT2D eigenvalue weighted by Crippen LogP contribution is -2.32. The summed E-state index contributed by atoms with van der Waals surface area (Å²) in [5.41, 5.74) is 0. The fraction of sp³-hybridized carbons (Fsp3) is 1.00. The van der Waals surface area contributed by atoms with Crippen molar-refractivity contribution in [2.45, 2.75) is 39.2 Å². The van der Waals surface area contributed by atoms with Gasteiger partial charge in [0.1, 0.15) is 0 Å². The Kier molecular flexibility index (Phi) is 5.98. The molecule has 1 unspecified atom stereocenters. The molecule has 0 aromatic heterocycles. The molecule has 1 fully saturated rings. The van der Waals surface area contributed by atoms with Gasteiger partial charge in [0, 0.05) is 13.2 Å². The second-order valence-corrected chi connectivity index (χ2v) is 6.67. The monoisotopic (exact) mass is 249 g/mol. The fourth-order valence-electron chi connectivity index (χ4n) is 1.93. The molecule has 1 saturated heterocycles. The summed E-state index contributed by atoms with van der Waals surface area (Å²) in [5.74, 6) is 0. The number of likely N-dealkylation sites (tertiary alicyclic amines) is 1. The molecule has 1 aliphatic rings. The molecule has 1 atom stereocenters. The van der Waals surface area contributed by atoms with E-state index in [1.54, 1.807) is 6.66 Å². The van der Waals surface area contributed by atoms with Gasteiger partial charge in [0.15, 0.2) is 0 Å². The lowest BCUT2D eigenvalue weighted by atomic mass is 10.1. The van der Waals surface area contributed by atoms with Crippen LogP contribution in [0.1, 0.15) is 33.1 Å². The summed E-state index contributed by atoms with van der Waals surface area (Å²) in [4.78, 5) is 2.36. The van der Waals surface area contributed by atoms with Crippen molar-refractivity contribution in [3.05, 3.63) is 0 Å². The van der Waals surface area contributed by atoms with Crippen molar-refractivity contribution in [2.75, 3.05) is 32.9 Å². The van der Waals surface area contributed by atoms with Gasteiger partial charge in [0.05, 0.1) is 12.7 Å². The van der Waals surface area contributed by atoms with Crippen molar-refractivity contribution in [3.8, 4) is 0 Å². The Morgan fingerprint density at radius 3 is 2.44 bits per heavy atom. The lowest BCUT2D eigenvalue weighted by Gasteiger charge is -2.26. The van der Waals surface area contributed by atoms with Gasteiger partial charge in [-0.2, -0.15) is 0 Å². The summed E-state index contributed by atoms with van der Waals surface area (Å²) in [6, 6.07) is 0. The topological polar surface area (TPSA) is 38.8 Å². The number of rotatable bonds is 6. The Balaban J connectivity index is 2.15. The van der Waals surface area contributed by atoms with Crippen LogP contribution < -0.4 is 0 Å². The summed E-state index contributed by atoms with van der Waals surface area (Å²) in [6.45, 7) is 8.92. The van der Waals surface area contributed by atoms with E-state index in [0.29, 0.717) is 6.61 Å². The Bertz CT molecular complexity index is 239. The van der Waals surface area contributed by atoms with Crippen LogP contribution in [0.15, 0.2) is 0 Å². The number of piperidine rings is 1. The molecule has 5 heteroatoms. The third kappa shape index (κ3) is 6.00. The second kappa shape index (κ2) is 6.75. The summed E-state index contributed by atoms with van der Waals surface area (Å²) in [6.07, 6.45) is 3.82. The highest BCUT2D eigenvalue weighted by Gasteiger charge is 2.19. The maximum Gasteiger partial charge on any atom is 0.327 e. The molecular formula is C11H24NO3P. The molecule has 0 radical (unpaired) electrons. The third-order valence-electron chi connectivity index (χ3n) is 2.58. The van der Waals surface area contributed by atoms with Crippen molar-refractivity contribution in [1.29, 1.82) is 0 Å². The van der Waals surface area contributed by atoms with Crippen molar-refractivity contribution in [3.63, 3.8) is 0 Å². The molecule has 16 heavy (non-hydrogen) atoms. The van der Waals surface area contributed by atoms with Crippen molar-refractivity contribution in [2.24, 2.45) is 0 Å². The fourth-order valence-corrected chi connectivity index (χ4v) is 3.17. The first-order chi connectivity index (χ1) is 7.49. The zero-order valence-electron chi connectivity index (χ0n) is 10.6. The number of hydrogen-bond acceptors (Lipinski definition) is 4. The van der Waals surface area contributed by atoms with Gasteiger partial charge < -0.3 is 13.9 Å². The zero-order chi connectivity index (χ0) is 12.0. The minimum absolute atomic E-state index is 0.0502.